The van der Waals surface area contributed by atoms with Gasteiger partial charge in [-0.3, -0.25) is 0 Å². The van der Waals surface area contributed by atoms with Gasteiger partial charge in [0.2, 0.25) is 0 Å². The molecule has 1 saturated heterocycles. The first-order valence-electron chi connectivity index (χ1n) is 11.0. The van der Waals surface area contributed by atoms with Crippen LogP contribution in [0.2, 0.25) is 0 Å². The molecule has 0 spiro atoms. The summed E-state index contributed by atoms with van der Waals surface area (Å²) in [6.07, 6.45) is -1.82. The van der Waals surface area contributed by atoms with E-state index < -0.39 is 40.8 Å². The molecule has 8 heteroatoms. The van der Waals surface area contributed by atoms with Crippen LogP contribution in [-0.2, 0) is 18.9 Å². The average molecular weight is 493 g/mol. The van der Waals surface area contributed by atoms with Crippen LogP contribution in [0, 0.1) is 0 Å². The van der Waals surface area contributed by atoms with E-state index in [1.807, 2.05) is 0 Å². The number of rotatable bonds is 8. The summed E-state index contributed by atoms with van der Waals surface area (Å²) in [4.78, 5) is 38.2. The van der Waals surface area contributed by atoms with E-state index in [1.54, 1.807) is 91.0 Å². The van der Waals surface area contributed by atoms with E-state index in [0.29, 0.717) is 16.7 Å². The minimum absolute atomic E-state index is 0.0651. The maximum atomic E-state index is 12.9. The molecule has 0 radical (unpaired) electrons. The van der Waals surface area contributed by atoms with Gasteiger partial charge in [-0.25, -0.2) is 14.4 Å². The van der Waals surface area contributed by atoms with Crippen LogP contribution < -0.4 is 0 Å². The van der Waals surface area contributed by atoms with E-state index in [0.717, 1.165) is 0 Å². The van der Waals surface area contributed by atoms with Crippen molar-refractivity contribution >= 4 is 29.7 Å². The largest absolute Gasteiger partial charge is 0.461 e. The second-order valence-corrected chi connectivity index (χ2v) is 9.06. The van der Waals surface area contributed by atoms with E-state index in [2.05, 4.69) is 0 Å². The Kier molecular flexibility index (Phi) is 8.18. The summed E-state index contributed by atoms with van der Waals surface area (Å²) in [5.74, 6) is -1.65. The van der Waals surface area contributed by atoms with E-state index in [-0.39, 0.29) is 6.61 Å². The molecule has 0 amide bonds. The summed E-state index contributed by atoms with van der Waals surface area (Å²) in [6.45, 7) is -0.0651. The molecule has 0 N–H and O–H groups in total. The third kappa shape index (κ3) is 6.09. The Morgan fingerprint density at radius 3 is 1.54 bits per heavy atom. The second-order valence-electron chi connectivity index (χ2n) is 7.72. The highest BCUT2D eigenvalue weighted by Gasteiger charge is 2.50. The zero-order valence-corrected chi connectivity index (χ0v) is 19.8. The van der Waals surface area contributed by atoms with Crippen molar-refractivity contribution < 1.29 is 33.3 Å². The summed E-state index contributed by atoms with van der Waals surface area (Å²) >= 11 is 1.28. The molecule has 3 aromatic rings. The summed E-state index contributed by atoms with van der Waals surface area (Å²) in [7, 11) is 1.48. The Hall–Kier alpha value is -3.62. The normalized spacial score (nSPS) is 21.2. The van der Waals surface area contributed by atoms with Crippen LogP contribution in [0.1, 0.15) is 31.1 Å². The van der Waals surface area contributed by atoms with Crippen LogP contribution in [0.25, 0.3) is 0 Å². The Balaban J connectivity index is 1.54. The maximum Gasteiger partial charge on any atom is 0.338 e. The van der Waals surface area contributed by atoms with Gasteiger partial charge in [0.15, 0.2) is 12.2 Å². The van der Waals surface area contributed by atoms with Crippen molar-refractivity contribution in [3.05, 3.63) is 108 Å². The number of ether oxygens (including phenoxy) is 4. The Morgan fingerprint density at radius 2 is 1.09 bits per heavy atom. The van der Waals surface area contributed by atoms with Crippen LogP contribution in [0.3, 0.4) is 0 Å². The molecule has 3 aromatic carbocycles. The molecule has 1 aliphatic heterocycles. The lowest BCUT2D eigenvalue weighted by atomic mass is 10.1. The second kappa shape index (κ2) is 11.7. The van der Waals surface area contributed by atoms with Gasteiger partial charge in [-0.1, -0.05) is 54.6 Å². The van der Waals surface area contributed by atoms with Crippen molar-refractivity contribution in [2.45, 2.75) is 22.9 Å². The van der Waals surface area contributed by atoms with E-state index in [9.17, 15) is 14.4 Å². The third-order valence-electron chi connectivity index (χ3n) is 5.39. The van der Waals surface area contributed by atoms with Gasteiger partial charge >= 0.3 is 17.9 Å². The molecule has 35 heavy (non-hydrogen) atoms. The molecule has 1 aliphatic rings. The van der Waals surface area contributed by atoms with Crippen LogP contribution in [-0.4, -0.2) is 54.5 Å². The lowest BCUT2D eigenvalue weighted by Gasteiger charge is -2.25. The first kappa shape index (κ1) is 24.5. The van der Waals surface area contributed by atoms with Crippen molar-refractivity contribution in [1.29, 1.82) is 0 Å². The number of hydrogen-bond donors (Lipinski definition) is 0. The quantitative estimate of drug-likeness (QED) is 0.338. The molecular formula is C27H24O7S. The Labute approximate surface area is 207 Å². The first-order chi connectivity index (χ1) is 17.1. The molecule has 7 nitrogen and oxygen atoms in total. The van der Waals surface area contributed by atoms with Gasteiger partial charge in [0.05, 0.1) is 21.9 Å². The maximum absolute atomic E-state index is 12.9. The molecule has 0 aliphatic carbocycles. The monoisotopic (exact) mass is 492 g/mol. The summed E-state index contributed by atoms with van der Waals surface area (Å²) in [5.41, 5.74) is 0.492. The van der Waals surface area contributed by atoms with Gasteiger partial charge in [0.1, 0.15) is 12.0 Å². The molecule has 180 valence electrons. The fourth-order valence-corrected chi connectivity index (χ4v) is 4.96. The minimum Gasteiger partial charge on any atom is -0.461 e. The highest BCUT2D eigenvalue weighted by atomic mass is 32.2. The van der Waals surface area contributed by atoms with E-state index in [1.165, 1.54) is 18.9 Å². The number of benzene rings is 3. The van der Waals surface area contributed by atoms with Gasteiger partial charge < -0.3 is 18.9 Å². The fourth-order valence-electron chi connectivity index (χ4n) is 3.63. The molecule has 1 unspecified atom stereocenters. The summed E-state index contributed by atoms with van der Waals surface area (Å²) < 4.78 is 22.7. The average Bonchev–Trinajstić information content (AvgIpc) is 3.24. The molecule has 4 atom stereocenters. The summed E-state index contributed by atoms with van der Waals surface area (Å²) in [5, 5.41) is -0.520. The SMILES string of the molecule is COC1S[C@H](COC(=O)c2ccccc2)[C@@H](OC(=O)c2ccccc2)[C@H]1OC(=O)c1ccccc1. The van der Waals surface area contributed by atoms with Crippen molar-refractivity contribution in [1.82, 2.24) is 0 Å². The molecule has 1 heterocycles. The minimum atomic E-state index is -0.911. The van der Waals surface area contributed by atoms with Crippen molar-refractivity contribution in [3.8, 4) is 0 Å². The van der Waals surface area contributed by atoms with Crippen molar-refractivity contribution in [2.24, 2.45) is 0 Å². The highest BCUT2D eigenvalue weighted by molar-refractivity contribution is 8.00. The van der Waals surface area contributed by atoms with E-state index >= 15 is 0 Å². The first-order valence-corrected chi connectivity index (χ1v) is 11.9. The van der Waals surface area contributed by atoms with Crippen LogP contribution in [0.5, 0.6) is 0 Å². The lowest BCUT2D eigenvalue weighted by Crippen LogP contribution is -2.42. The van der Waals surface area contributed by atoms with E-state index in [4.69, 9.17) is 18.9 Å². The predicted octanol–water partition coefficient (Wildman–Crippen LogP) is 4.38. The third-order valence-corrected chi connectivity index (χ3v) is 6.88. The van der Waals surface area contributed by atoms with Crippen LogP contribution in [0.15, 0.2) is 91.0 Å². The fraction of sp³-hybridized carbons (Fsp3) is 0.222. The molecule has 0 bridgehead atoms. The molecule has 1 fully saturated rings. The number of methoxy groups -OCH3 is 1. The topological polar surface area (TPSA) is 88.1 Å². The zero-order valence-electron chi connectivity index (χ0n) is 18.9. The molecule has 4 rings (SSSR count). The van der Waals surface area contributed by atoms with Gasteiger partial charge in [0.25, 0.3) is 0 Å². The number of carbonyl (C=O) groups is 3. The van der Waals surface area contributed by atoms with Crippen LogP contribution in [0.4, 0.5) is 0 Å². The van der Waals surface area contributed by atoms with Gasteiger partial charge in [0, 0.05) is 7.11 Å². The summed E-state index contributed by atoms with van der Waals surface area (Å²) in [6, 6.07) is 25.6. The molecular weight excluding hydrogens is 468 g/mol. The number of thioether (sulfide) groups is 1. The van der Waals surface area contributed by atoms with Crippen molar-refractivity contribution in [2.75, 3.05) is 13.7 Å². The van der Waals surface area contributed by atoms with Crippen molar-refractivity contribution in [3.63, 3.8) is 0 Å². The zero-order chi connectivity index (χ0) is 24.6. The smallest absolute Gasteiger partial charge is 0.338 e. The van der Waals surface area contributed by atoms with Crippen LogP contribution >= 0.6 is 11.8 Å². The van der Waals surface area contributed by atoms with Gasteiger partial charge in [-0.2, -0.15) is 0 Å². The molecule has 0 saturated carbocycles. The lowest BCUT2D eigenvalue weighted by molar-refractivity contribution is -0.0625. The molecule has 0 aromatic heterocycles. The number of esters is 3. The Bertz CT molecular complexity index is 1140. The predicted molar refractivity (Wildman–Crippen MR) is 130 cm³/mol. The standard InChI is InChI=1S/C27H24O7S/c1-31-27-23(34-26(30)20-15-9-4-10-16-20)22(33-25(29)19-13-7-3-8-14-19)21(35-27)17-32-24(28)18-11-5-2-6-12-18/h2-16,21-23,27H,17H2,1H3/t21-,22-,23-,27?/m1/s1. The Morgan fingerprint density at radius 1 is 0.657 bits per heavy atom. The highest BCUT2D eigenvalue weighted by Crippen LogP contribution is 2.39. The van der Waals surface area contributed by atoms with Gasteiger partial charge in [-0.05, 0) is 36.4 Å². The number of hydrogen-bond acceptors (Lipinski definition) is 8. The number of carbonyl (C=O) groups excluding carboxylic acids is 3. The van der Waals surface area contributed by atoms with Gasteiger partial charge in [-0.15, -0.1) is 11.8 Å².